The van der Waals surface area contributed by atoms with E-state index in [1.807, 2.05) is 91.1 Å². The third kappa shape index (κ3) is 8.34. The van der Waals surface area contributed by atoms with Gasteiger partial charge in [0, 0.05) is 53.7 Å². The molecule has 1 atom stereocenters. The Balaban J connectivity index is 0.000000247. The maximum Gasteiger partial charge on any atom is 0.121 e. The fourth-order valence-corrected chi connectivity index (χ4v) is 7.76. The molecule has 1 unspecified atom stereocenters. The fourth-order valence-electron chi connectivity index (χ4n) is 6.73. The number of aromatic nitrogens is 2. The molecule has 56 heavy (non-hydrogen) atoms. The summed E-state index contributed by atoms with van der Waals surface area (Å²) in [6.07, 6.45) is 1.72. The number of halogens is 1. The van der Waals surface area contributed by atoms with Gasteiger partial charge in [-0.25, -0.2) is 0 Å². The molecule has 0 fully saturated rings. The zero-order valence-electron chi connectivity index (χ0n) is 34.5. The Labute approximate surface area is 346 Å². The fraction of sp³-hybridized carbons (Fsp3) is 0.120. The van der Waals surface area contributed by atoms with Gasteiger partial charge in [0.2, 0.25) is 0 Å². The van der Waals surface area contributed by atoms with Gasteiger partial charge < -0.3 is 14.4 Å². The van der Waals surface area contributed by atoms with E-state index in [1.54, 1.807) is 37.4 Å². The van der Waals surface area contributed by atoms with Gasteiger partial charge in [-0.15, -0.1) is 53.6 Å². The molecule has 279 valence electrons. The topological polar surface area (TPSA) is 38.9 Å². The molecule has 0 aliphatic rings. The molecule has 6 aromatic carbocycles. The molecule has 1 radical (unpaired) electrons. The number of hydrogen-bond donors (Lipinski definition) is 0. The van der Waals surface area contributed by atoms with E-state index in [0.717, 1.165) is 55.1 Å². The second kappa shape index (κ2) is 16.7. The molecule has 6 heteroatoms. The first-order chi connectivity index (χ1) is 27.8. The van der Waals surface area contributed by atoms with Crippen LogP contribution in [0.15, 0.2) is 162 Å². The molecule has 0 aliphatic heterocycles. The molecule has 0 aliphatic carbocycles. The van der Waals surface area contributed by atoms with E-state index in [-0.39, 0.29) is 25.9 Å². The minimum absolute atomic E-state index is 0. The van der Waals surface area contributed by atoms with E-state index in [4.69, 9.17) is 9.40 Å². The Bertz CT molecular complexity index is 2880. The van der Waals surface area contributed by atoms with Crippen LogP contribution in [0.1, 0.15) is 39.2 Å². The van der Waals surface area contributed by atoms with Crippen molar-refractivity contribution >= 4 is 46.0 Å². The minimum atomic E-state index is -1.87. The summed E-state index contributed by atoms with van der Waals surface area (Å²) in [5, 5.41) is 5.56. The van der Waals surface area contributed by atoms with Crippen LogP contribution in [-0.2, 0) is 26.5 Å². The van der Waals surface area contributed by atoms with Crippen LogP contribution in [0.5, 0.6) is 0 Å². The summed E-state index contributed by atoms with van der Waals surface area (Å²) in [4.78, 5) is 9.22. The predicted molar refractivity (Wildman–Crippen MR) is 228 cm³/mol. The average Bonchev–Trinajstić information content (AvgIpc) is 3.63. The summed E-state index contributed by atoms with van der Waals surface area (Å²) in [5.41, 5.74) is 6.74. The number of nitrogens with zero attached hydrogens (tertiary/aromatic N) is 2. The van der Waals surface area contributed by atoms with Crippen LogP contribution in [0, 0.1) is 17.9 Å². The molecule has 3 aromatic heterocycles. The second-order valence-electron chi connectivity index (χ2n) is 14.6. The summed E-state index contributed by atoms with van der Waals surface area (Å²) in [5.74, 6) is -1.50. The Morgan fingerprint density at radius 1 is 0.714 bits per heavy atom. The first-order valence-corrected chi connectivity index (χ1v) is 21.8. The van der Waals surface area contributed by atoms with Gasteiger partial charge in [0.15, 0.2) is 0 Å². The first kappa shape index (κ1) is 34.9. The Morgan fingerprint density at radius 3 is 2.14 bits per heavy atom. The number of hydrogen-bond acceptors (Lipinski definition) is 3. The molecule has 0 spiro atoms. The maximum absolute atomic E-state index is 12.8. The van der Waals surface area contributed by atoms with Crippen molar-refractivity contribution in [3.8, 4) is 22.5 Å². The first-order valence-electron chi connectivity index (χ1n) is 19.8. The van der Waals surface area contributed by atoms with E-state index in [2.05, 4.69) is 61.0 Å². The standard InChI is InChI=1S/C36H26NO.C14H15FNSi.Ir/c1-24(26-12-6-3-7-13-26)32-23-37-33(22-29(32)20-25-10-4-2-5-11-25)28-17-18-34-31(21-28)36-30-15-9-8-14-27(30)16-19-35(36)38-34;1-17(2,3)13-8-9-14(16-10-13)11-4-6-12(15)7-5-11;/h2-16,18-19,21-24H,20H2,1H3;4,6-10H,1-3H3;/q2*-1;/i20D2,24D;;. The van der Waals surface area contributed by atoms with Gasteiger partial charge in [-0.1, -0.05) is 141 Å². The van der Waals surface area contributed by atoms with Gasteiger partial charge in [-0.05, 0) is 62.0 Å². The van der Waals surface area contributed by atoms with Crippen molar-refractivity contribution in [1.29, 1.82) is 0 Å². The Morgan fingerprint density at radius 2 is 1.43 bits per heavy atom. The molecule has 0 saturated carbocycles. The molecule has 9 aromatic rings. The summed E-state index contributed by atoms with van der Waals surface area (Å²) in [6.45, 7) is 8.65. The van der Waals surface area contributed by atoms with Gasteiger partial charge in [0.1, 0.15) is 5.58 Å². The van der Waals surface area contributed by atoms with Crippen molar-refractivity contribution in [2.24, 2.45) is 0 Å². The largest absolute Gasteiger partial charge is 0.500 e. The second-order valence-corrected chi connectivity index (χ2v) is 19.7. The van der Waals surface area contributed by atoms with Gasteiger partial charge in [-0.2, -0.15) is 0 Å². The zero-order valence-corrected chi connectivity index (χ0v) is 34.9. The zero-order chi connectivity index (χ0) is 40.7. The van der Waals surface area contributed by atoms with Gasteiger partial charge in [0.05, 0.1) is 13.7 Å². The molecule has 9 rings (SSSR count). The summed E-state index contributed by atoms with van der Waals surface area (Å²) in [7, 11) is -1.30. The van der Waals surface area contributed by atoms with Crippen molar-refractivity contribution in [3.63, 3.8) is 0 Å². The predicted octanol–water partition coefficient (Wildman–Crippen LogP) is 12.6. The Hall–Kier alpha value is -5.52. The van der Waals surface area contributed by atoms with Gasteiger partial charge in [0.25, 0.3) is 0 Å². The molecule has 3 heterocycles. The minimum Gasteiger partial charge on any atom is -0.500 e. The van der Waals surface area contributed by atoms with Crippen molar-refractivity contribution in [2.75, 3.05) is 0 Å². The van der Waals surface area contributed by atoms with Crippen LogP contribution in [0.3, 0.4) is 0 Å². The molecular weight excluding hydrogens is 884 g/mol. The third-order valence-corrected chi connectivity index (χ3v) is 11.8. The molecule has 0 amide bonds. The van der Waals surface area contributed by atoms with Crippen LogP contribution in [0.25, 0.3) is 55.2 Å². The van der Waals surface area contributed by atoms with Crippen molar-refractivity contribution in [3.05, 3.63) is 198 Å². The van der Waals surface area contributed by atoms with Crippen LogP contribution >= 0.6 is 0 Å². The number of fused-ring (bicyclic) bond motifs is 5. The molecular formula is C50H41FIrN2OSi-2. The smallest absolute Gasteiger partial charge is 0.121 e. The third-order valence-electron chi connectivity index (χ3n) is 9.82. The molecule has 0 bridgehead atoms. The molecule has 0 N–H and O–H groups in total. The van der Waals surface area contributed by atoms with Crippen molar-refractivity contribution in [2.45, 2.75) is 38.8 Å². The van der Waals surface area contributed by atoms with Crippen LogP contribution in [-0.4, -0.2) is 18.0 Å². The van der Waals surface area contributed by atoms with Crippen LogP contribution in [0.2, 0.25) is 19.6 Å². The van der Waals surface area contributed by atoms with E-state index < -0.39 is 20.3 Å². The summed E-state index contributed by atoms with van der Waals surface area (Å²) < 4.78 is 46.9. The monoisotopic (exact) mass is 928 g/mol. The SMILES string of the molecule is C[Si](C)(C)c1ccc(-c2[c-]cc(F)cc2)nc1.[2H]C([2H])(c1ccccc1)c1cc(-c2[c-]cc3oc4ccc5ccccc5c4c3c2)ncc1C([2H])(C)c1ccccc1.[Ir]. The number of furan rings is 1. The number of benzene rings is 6. The van der Waals surface area contributed by atoms with Crippen LogP contribution in [0.4, 0.5) is 4.39 Å². The van der Waals surface area contributed by atoms with E-state index in [1.165, 1.54) is 17.3 Å². The van der Waals surface area contributed by atoms with Crippen LogP contribution < -0.4 is 5.19 Å². The van der Waals surface area contributed by atoms with Gasteiger partial charge >= 0.3 is 0 Å². The number of rotatable bonds is 7. The van der Waals surface area contributed by atoms with Crippen molar-refractivity contribution < 1.29 is 33.0 Å². The van der Waals surface area contributed by atoms with Gasteiger partial charge in [-0.3, -0.25) is 4.39 Å². The Kier molecular flexibility index (Phi) is 10.4. The van der Waals surface area contributed by atoms with E-state index in [0.29, 0.717) is 22.4 Å². The average molecular weight is 928 g/mol. The molecule has 3 nitrogen and oxygen atoms in total. The normalized spacial score (nSPS) is 13.5. The maximum atomic E-state index is 12.8. The van der Waals surface area contributed by atoms with E-state index in [9.17, 15) is 8.50 Å². The number of pyridine rings is 2. The summed E-state index contributed by atoms with van der Waals surface area (Å²) >= 11 is 0. The van der Waals surface area contributed by atoms with Crippen molar-refractivity contribution in [1.82, 2.24) is 9.97 Å². The summed E-state index contributed by atoms with van der Waals surface area (Å²) in [6, 6.07) is 51.4. The van der Waals surface area contributed by atoms with E-state index >= 15 is 0 Å². The molecule has 0 saturated heterocycles. The quantitative estimate of drug-likeness (QED) is 0.118.